The second-order valence-corrected chi connectivity index (χ2v) is 3.68. The van der Waals surface area contributed by atoms with E-state index in [0.717, 1.165) is 6.29 Å². The monoisotopic (exact) mass is 218 g/mol. The van der Waals surface area contributed by atoms with Crippen LogP contribution in [-0.2, 0) is 14.4 Å². The van der Waals surface area contributed by atoms with E-state index in [-0.39, 0.29) is 18.9 Å². The van der Waals surface area contributed by atoms with Crippen molar-refractivity contribution in [3.63, 3.8) is 0 Å². The molecule has 0 fully saturated rings. The van der Waals surface area contributed by atoms with Crippen LogP contribution in [0.5, 0.6) is 0 Å². The molecule has 14 heavy (non-hydrogen) atoms. The summed E-state index contributed by atoms with van der Waals surface area (Å²) in [7, 11) is 0. The largest absolute Gasteiger partial charge is 0.370 e. The van der Waals surface area contributed by atoms with Crippen molar-refractivity contribution >= 4 is 29.9 Å². The van der Waals surface area contributed by atoms with Gasteiger partial charge in [0, 0.05) is 25.1 Å². The van der Waals surface area contributed by atoms with Gasteiger partial charge in [0.05, 0.1) is 5.75 Å². The van der Waals surface area contributed by atoms with Crippen LogP contribution in [0, 0.1) is 0 Å². The Bertz CT molecular complexity index is 209. The highest BCUT2D eigenvalue weighted by Gasteiger charge is 2.01. The molecule has 3 N–H and O–H groups in total. The Hall–Kier alpha value is -1.04. The Morgan fingerprint density at radius 1 is 1.43 bits per heavy atom. The van der Waals surface area contributed by atoms with Crippen LogP contribution in [0.25, 0.3) is 0 Å². The molecule has 0 atom stereocenters. The molecular formula is C8H14N2O3S. The molecule has 0 aliphatic carbocycles. The molecule has 0 radical (unpaired) electrons. The van der Waals surface area contributed by atoms with Crippen molar-refractivity contribution in [3.05, 3.63) is 0 Å². The molecule has 5 nitrogen and oxygen atoms in total. The highest BCUT2D eigenvalue weighted by Crippen LogP contribution is 1.99. The molecule has 0 aliphatic rings. The van der Waals surface area contributed by atoms with E-state index in [1.807, 2.05) is 0 Å². The normalized spacial score (nSPS) is 9.43. The smallest absolute Gasteiger partial charge is 0.230 e. The average molecular weight is 218 g/mol. The molecule has 0 aliphatic heterocycles. The number of nitrogens with one attached hydrogen (secondary N) is 1. The van der Waals surface area contributed by atoms with Crippen LogP contribution in [0.2, 0.25) is 0 Å². The van der Waals surface area contributed by atoms with Gasteiger partial charge in [0.1, 0.15) is 6.29 Å². The second-order valence-electron chi connectivity index (χ2n) is 2.57. The first-order valence-corrected chi connectivity index (χ1v) is 5.38. The van der Waals surface area contributed by atoms with Crippen LogP contribution in [-0.4, -0.2) is 36.2 Å². The zero-order valence-electron chi connectivity index (χ0n) is 7.82. The molecule has 0 heterocycles. The van der Waals surface area contributed by atoms with Gasteiger partial charge in [0.25, 0.3) is 0 Å². The lowest BCUT2D eigenvalue weighted by molar-refractivity contribution is -0.119. The number of nitrogens with two attached hydrogens (primary N) is 1. The maximum absolute atomic E-state index is 11.0. The topological polar surface area (TPSA) is 89.3 Å². The van der Waals surface area contributed by atoms with Crippen molar-refractivity contribution in [2.45, 2.75) is 12.8 Å². The first-order valence-electron chi connectivity index (χ1n) is 4.23. The minimum absolute atomic E-state index is 0.137. The van der Waals surface area contributed by atoms with Gasteiger partial charge in [-0.1, -0.05) is 0 Å². The van der Waals surface area contributed by atoms with E-state index in [9.17, 15) is 14.4 Å². The summed E-state index contributed by atoms with van der Waals surface area (Å²) >= 11 is 1.39. The van der Waals surface area contributed by atoms with Crippen molar-refractivity contribution in [1.29, 1.82) is 0 Å². The minimum atomic E-state index is -0.432. The second kappa shape index (κ2) is 8.55. The van der Waals surface area contributed by atoms with Crippen LogP contribution >= 0.6 is 11.8 Å². The quantitative estimate of drug-likeness (QED) is 0.416. The molecule has 80 valence electrons. The van der Waals surface area contributed by atoms with Gasteiger partial charge in [0.2, 0.25) is 11.8 Å². The lowest BCUT2D eigenvalue weighted by atomic mass is 10.4. The minimum Gasteiger partial charge on any atom is -0.370 e. The molecule has 0 aromatic carbocycles. The summed E-state index contributed by atoms with van der Waals surface area (Å²) in [5.41, 5.74) is 4.88. The third-order valence-electron chi connectivity index (χ3n) is 1.31. The van der Waals surface area contributed by atoms with Crippen molar-refractivity contribution in [2.24, 2.45) is 5.73 Å². The van der Waals surface area contributed by atoms with Gasteiger partial charge < -0.3 is 15.8 Å². The number of primary amides is 1. The van der Waals surface area contributed by atoms with Crippen LogP contribution < -0.4 is 11.1 Å². The fourth-order valence-electron chi connectivity index (χ4n) is 0.672. The van der Waals surface area contributed by atoms with E-state index in [1.54, 1.807) is 0 Å². The molecular weight excluding hydrogens is 204 g/mol. The highest BCUT2D eigenvalue weighted by molar-refractivity contribution is 7.99. The molecule has 2 amide bonds. The molecule has 0 saturated carbocycles. The predicted octanol–water partition coefficient (Wildman–Crippen LogP) is -0.700. The molecule has 0 saturated heterocycles. The fourth-order valence-corrected chi connectivity index (χ4v) is 1.37. The molecule has 0 unspecified atom stereocenters. The summed E-state index contributed by atoms with van der Waals surface area (Å²) in [6, 6.07) is 0. The molecule has 6 heteroatoms. The molecule has 0 aromatic heterocycles. The summed E-state index contributed by atoms with van der Waals surface area (Å²) < 4.78 is 0. The van der Waals surface area contributed by atoms with Gasteiger partial charge in [-0.05, 0) is 0 Å². The number of rotatable bonds is 8. The Morgan fingerprint density at radius 3 is 2.71 bits per heavy atom. The maximum atomic E-state index is 11.0. The Balaban J connectivity index is 3.28. The van der Waals surface area contributed by atoms with Crippen LogP contribution in [0.1, 0.15) is 12.8 Å². The van der Waals surface area contributed by atoms with Crippen LogP contribution in [0.3, 0.4) is 0 Å². The summed E-state index contributed by atoms with van der Waals surface area (Å²) in [5.74, 6) is 0.389. The Morgan fingerprint density at radius 2 is 2.14 bits per heavy atom. The number of carbonyl (C=O) groups is 3. The van der Waals surface area contributed by atoms with Crippen molar-refractivity contribution < 1.29 is 14.4 Å². The third kappa shape index (κ3) is 9.05. The van der Waals surface area contributed by atoms with E-state index in [2.05, 4.69) is 5.32 Å². The van der Waals surface area contributed by atoms with E-state index >= 15 is 0 Å². The van der Waals surface area contributed by atoms with Gasteiger partial charge in [-0.25, -0.2) is 0 Å². The van der Waals surface area contributed by atoms with E-state index < -0.39 is 5.91 Å². The molecule has 0 spiro atoms. The number of hydrogen-bond donors (Lipinski definition) is 2. The predicted molar refractivity (Wildman–Crippen MR) is 54.8 cm³/mol. The van der Waals surface area contributed by atoms with Crippen molar-refractivity contribution in [3.8, 4) is 0 Å². The maximum Gasteiger partial charge on any atom is 0.230 e. The van der Waals surface area contributed by atoms with Gasteiger partial charge in [-0.15, -0.1) is 0 Å². The Kier molecular flexibility index (Phi) is 7.92. The van der Waals surface area contributed by atoms with E-state index in [1.165, 1.54) is 11.8 Å². The van der Waals surface area contributed by atoms with Crippen molar-refractivity contribution in [2.75, 3.05) is 18.1 Å². The van der Waals surface area contributed by atoms with E-state index in [0.29, 0.717) is 17.9 Å². The average Bonchev–Trinajstić information content (AvgIpc) is 2.12. The Labute approximate surface area is 86.8 Å². The van der Waals surface area contributed by atoms with Gasteiger partial charge in [-0.3, -0.25) is 9.59 Å². The lowest BCUT2D eigenvalue weighted by Crippen LogP contribution is -2.29. The van der Waals surface area contributed by atoms with Crippen molar-refractivity contribution in [1.82, 2.24) is 5.32 Å². The summed E-state index contributed by atoms with van der Waals surface area (Å²) in [4.78, 5) is 31.3. The zero-order valence-corrected chi connectivity index (χ0v) is 8.64. The number of aldehydes is 1. The third-order valence-corrected chi connectivity index (χ3v) is 2.30. The van der Waals surface area contributed by atoms with Crippen LogP contribution in [0.15, 0.2) is 0 Å². The van der Waals surface area contributed by atoms with Gasteiger partial charge >= 0.3 is 0 Å². The van der Waals surface area contributed by atoms with Gasteiger partial charge in [0.15, 0.2) is 0 Å². The summed E-state index contributed by atoms with van der Waals surface area (Å²) in [6.45, 7) is 0.280. The number of hydrogen-bond acceptors (Lipinski definition) is 4. The SMILES string of the molecule is NC(=O)CCNC(=O)CSCCC=O. The summed E-state index contributed by atoms with van der Waals surface area (Å²) in [5, 5.41) is 2.54. The number of carbonyl (C=O) groups excluding carboxylic acids is 3. The summed E-state index contributed by atoms with van der Waals surface area (Å²) in [6.07, 6.45) is 1.43. The first kappa shape index (κ1) is 13.0. The fraction of sp³-hybridized carbons (Fsp3) is 0.625. The van der Waals surface area contributed by atoms with E-state index in [4.69, 9.17) is 5.73 Å². The molecule has 0 rings (SSSR count). The molecule has 0 aromatic rings. The number of thioether (sulfide) groups is 1. The molecule has 0 bridgehead atoms. The first-order chi connectivity index (χ1) is 6.66. The number of amides is 2. The lowest BCUT2D eigenvalue weighted by Gasteiger charge is -2.02. The zero-order chi connectivity index (χ0) is 10.8. The van der Waals surface area contributed by atoms with Gasteiger partial charge in [-0.2, -0.15) is 11.8 Å². The standard InChI is InChI=1S/C8H14N2O3S/c9-7(12)2-3-10-8(13)6-14-5-1-4-11/h4H,1-3,5-6H2,(H2,9,12)(H,10,13). The highest BCUT2D eigenvalue weighted by atomic mass is 32.2. The van der Waals surface area contributed by atoms with Crippen LogP contribution in [0.4, 0.5) is 0 Å².